The van der Waals surface area contributed by atoms with Crippen molar-refractivity contribution in [3.8, 4) is 0 Å². The molecule has 146 valence electrons. The molecular formula is C22H24N2O3S. The number of benzene rings is 1. The highest BCUT2D eigenvalue weighted by molar-refractivity contribution is 7.09. The van der Waals surface area contributed by atoms with Gasteiger partial charge in [0.2, 0.25) is 0 Å². The molecule has 28 heavy (non-hydrogen) atoms. The molecule has 2 aromatic heterocycles. The molecule has 0 saturated heterocycles. The lowest BCUT2D eigenvalue weighted by Crippen LogP contribution is -2.35. The van der Waals surface area contributed by atoms with Gasteiger partial charge in [-0.25, -0.2) is 4.79 Å². The average Bonchev–Trinajstić information content (AvgIpc) is 3.30. The van der Waals surface area contributed by atoms with Gasteiger partial charge in [0, 0.05) is 22.8 Å². The number of carbonyl (C=O) groups is 2. The molecule has 0 aliphatic carbocycles. The van der Waals surface area contributed by atoms with Gasteiger partial charge in [-0.3, -0.25) is 4.79 Å². The molecule has 0 saturated carbocycles. The van der Waals surface area contributed by atoms with E-state index in [0.717, 1.165) is 21.8 Å². The number of aromatic nitrogens is 1. The monoisotopic (exact) mass is 396 g/mol. The molecule has 2 heterocycles. The van der Waals surface area contributed by atoms with Gasteiger partial charge in [-0.1, -0.05) is 36.4 Å². The quantitative estimate of drug-likeness (QED) is 0.612. The van der Waals surface area contributed by atoms with Gasteiger partial charge in [-0.05, 0) is 43.8 Å². The number of ether oxygens (including phenoxy) is 1. The molecule has 0 aliphatic heterocycles. The molecule has 1 aromatic carbocycles. The van der Waals surface area contributed by atoms with Crippen LogP contribution in [0.25, 0.3) is 0 Å². The summed E-state index contributed by atoms with van der Waals surface area (Å²) in [5, 5.41) is 4.75. The van der Waals surface area contributed by atoms with Crippen molar-refractivity contribution in [2.75, 3.05) is 0 Å². The predicted molar refractivity (Wildman–Crippen MR) is 110 cm³/mol. The summed E-state index contributed by atoms with van der Waals surface area (Å²) in [5.74, 6) is -0.786. The highest BCUT2D eigenvalue weighted by Crippen LogP contribution is 2.19. The molecular weight excluding hydrogens is 372 g/mol. The van der Waals surface area contributed by atoms with Gasteiger partial charge in [-0.15, -0.1) is 11.3 Å². The first-order chi connectivity index (χ1) is 13.5. The van der Waals surface area contributed by atoms with Crippen LogP contribution in [-0.4, -0.2) is 22.5 Å². The van der Waals surface area contributed by atoms with Crippen molar-refractivity contribution in [1.82, 2.24) is 9.88 Å². The SMILES string of the molecule is Cc1cc(C(=O)O[C@H](C)C(=O)NCc2cccs2)c(C)n1Cc1ccccc1. The van der Waals surface area contributed by atoms with Gasteiger partial charge >= 0.3 is 5.97 Å². The summed E-state index contributed by atoms with van der Waals surface area (Å²) in [6.45, 7) is 6.56. The molecule has 1 amide bonds. The molecule has 1 atom stereocenters. The average molecular weight is 397 g/mol. The van der Waals surface area contributed by atoms with Crippen LogP contribution >= 0.6 is 11.3 Å². The van der Waals surface area contributed by atoms with Crippen LogP contribution in [0.4, 0.5) is 0 Å². The van der Waals surface area contributed by atoms with Gasteiger partial charge in [0.25, 0.3) is 5.91 Å². The Bertz CT molecular complexity index is 946. The Kier molecular flexibility index (Phi) is 6.31. The first-order valence-corrected chi connectivity index (χ1v) is 10.1. The summed E-state index contributed by atoms with van der Waals surface area (Å²) < 4.78 is 7.48. The number of hydrogen-bond acceptors (Lipinski definition) is 4. The van der Waals surface area contributed by atoms with E-state index in [1.807, 2.05) is 55.6 Å². The van der Waals surface area contributed by atoms with Crippen LogP contribution in [0.5, 0.6) is 0 Å². The van der Waals surface area contributed by atoms with E-state index in [1.165, 1.54) is 0 Å². The zero-order chi connectivity index (χ0) is 20.1. The lowest BCUT2D eigenvalue weighted by atomic mass is 10.2. The zero-order valence-electron chi connectivity index (χ0n) is 16.3. The number of amides is 1. The molecule has 6 heteroatoms. The molecule has 0 fully saturated rings. The smallest absolute Gasteiger partial charge is 0.340 e. The Morgan fingerprint density at radius 3 is 2.57 bits per heavy atom. The first-order valence-electron chi connectivity index (χ1n) is 9.17. The molecule has 5 nitrogen and oxygen atoms in total. The maximum Gasteiger partial charge on any atom is 0.340 e. The second kappa shape index (κ2) is 8.89. The summed E-state index contributed by atoms with van der Waals surface area (Å²) in [5.41, 5.74) is 3.46. The molecule has 0 bridgehead atoms. The number of hydrogen-bond donors (Lipinski definition) is 1. The van der Waals surface area contributed by atoms with Crippen LogP contribution in [0.15, 0.2) is 53.9 Å². The van der Waals surface area contributed by atoms with Crippen LogP contribution in [-0.2, 0) is 22.6 Å². The molecule has 0 aliphatic rings. The van der Waals surface area contributed by atoms with Crippen LogP contribution < -0.4 is 5.32 Å². The van der Waals surface area contributed by atoms with Crippen molar-refractivity contribution in [2.24, 2.45) is 0 Å². The van der Waals surface area contributed by atoms with E-state index in [2.05, 4.69) is 22.0 Å². The molecule has 0 spiro atoms. The molecule has 3 aromatic rings. The minimum absolute atomic E-state index is 0.306. The standard InChI is InChI=1S/C22H24N2O3S/c1-15-12-20(16(2)24(15)14-18-8-5-4-6-9-18)22(26)27-17(3)21(25)23-13-19-10-7-11-28-19/h4-12,17H,13-14H2,1-3H3,(H,23,25)/t17-/m1/s1. The van der Waals surface area contributed by atoms with Gasteiger partial charge in [0.15, 0.2) is 6.10 Å². The summed E-state index contributed by atoms with van der Waals surface area (Å²) in [7, 11) is 0. The Morgan fingerprint density at radius 1 is 1.14 bits per heavy atom. The van der Waals surface area contributed by atoms with E-state index < -0.39 is 12.1 Å². The van der Waals surface area contributed by atoms with Crippen molar-refractivity contribution >= 4 is 23.2 Å². The second-order valence-electron chi connectivity index (χ2n) is 6.70. The van der Waals surface area contributed by atoms with Crippen molar-refractivity contribution in [3.63, 3.8) is 0 Å². The molecule has 3 rings (SSSR count). The molecule has 0 unspecified atom stereocenters. The number of aryl methyl sites for hydroxylation is 1. The number of rotatable bonds is 7. The maximum atomic E-state index is 12.6. The molecule has 1 N–H and O–H groups in total. The van der Waals surface area contributed by atoms with Gasteiger partial charge < -0.3 is 14.6 Å². The third-order valence-corrected chi connectivity index (χ3v) is 5.52. The summed E-state index contributed by atoms with van der Waals surface area (Å²) in [6.07, 6.45) is -0.857. The Balaban J connectivity index is 1.63. The van der Waals surface area contributed by atoms with Crippen LogP contribution in [0.2, 0.25) is 0 Å². The van der Waals surface area contributed by atoms with Crippen LogP contribution in [0.1, 0.15) is 39.1 Å². The maximum absolute atomic E-state index is 12.6. The molecule has 0 radical (unpaired) electrons. The van der Waals surface area contributed by atoms with Crippen molar-refractivity contribution in [2.45, 2.75) is 40.0 Å². The highest BCUT2D eigenvalue weighted by atomic mass is 32.1. The number of esters is 1. The van der Waals surface area contributed by atoms with Crippen LogP contribution in [0.3, 0.4) is 0 Å². The van der Waals surface area contributed by atoms with Crippen molar-refractivity contribution in [1.29, 1.82) is 0 Å². The fourth-order valence-electron chi connectivity index (χ4n) is 3.03. The number of carbonyl (C=O) groups excluding carboxylic acids is 2. The first kappa shape index (κ1) is 19.9. The Morgan fingerprint density at radius 2 is 1.89 bits per heavy atom. The van der Waals surface area contributed by atoms with E-state index >= 15 is 0 Å². The number of thiophene rings is 1. The normalized spacial score (nSPS) is 11.8. The van der Waals surface area contributed by atoms with Gasteiger partial charge in [-0.2, -0.15) is 0 Å². The van der Waals surface area contributed by atoms with E-state index in [1.54, 1.807) is 18.3 Å². The third kappa shape index (κ3) is 4.70. The summed E-state index contributed by atoms with van der Waals surface area (Å²) >= 11 is 1.57. The van der Waals surface area contributed by atoms with Crippen LogP contribution in [0, 0.1) is 13.8 Å². The Labute approximate surface area is 169 Å². The third-order valence-electron chi connectivity index (χ3n) is 4.65. The predicted octanol–water partition coefficient (Wildman–Crippen LogP) is 4.08. The highest BCUT2D eigenvalue weighted by Gasteiger charge is 2.22. The summed E-state index contributed by atoms with van der Waals surface area (Å²) in [4.78, 5) is 25.9. The van der Waals surface area contributed by atoms with Crippen molar-refractivity contribution in [3.05, 3.63) is 81.3 Å². The zero-order valence-corrected chi connectivity index (χ0v) is 17.1. The lowest BCUT2D eigenvalue weighted by molar-refractivity contribution is -0.129. The minimum atomic E-state index is -0.857. The number of nitrogens with one attached hydrogen (secondary N) is 1. The van der Waals surface area contributed by atoms with Gasteiger partial charge in [0.05, 0.1) is 12.1 Å². The van der Waals surface area contributed by atoms with Gasteiger partial charge in [0.1, 0.15) is 0 Å². The second-order valence-corrected chi connectivity index (χ2v) is 7.73. The fraction of sp³-hybridized carbons (Fsp3) is 0.273. The van der Waals surface area contributed by atoms with E-state index in [9.17, 15) is 9.59 Å². The topological polar surface area (TPSA) is 60.3 Å². The lowest BCUT2D eigenvalue weighted by Gasteiger charge is -2.14. The largest absolute Gasteiger partial charge is 0.449 e. The minimum Gasteiger partial charge on any atom is -0.449 e. The summed E-state index contributed by atoms with van der Waals surface area (Å²) in [6, 6.07) is 15.8. The van der Waals surface area contributed by atoms with Crippen molar-refractivity contribution < 1.29 is 14.3 Å². The van der Waals surface area contributed by atoms with E-state index in [0.29, 0.717) is 18.7 Å². The number of nitrogens with zero attached hydrogens (tertiary/aromatic N) is 1. The Hall–Kier alpha value is -2.86. The fourth-order valence-corrected chi connectivity index (χ4v) is 3.67. The van der Waals surface area contributed by atoms with E-state index in [-0.39, 0.29) is 5.91 Å². The van der Waals surface area contributed by atoms with E-state index in [4.69, 9.17) is 4.74 Å².